The standard InChI is InChI=1S/C28H25N5O3/c1-16-2-4-20-11-18(13-24(28(35)36)25(20)33-16)12-22-14-21(7-8-30-22)27(34)32-15-17-3-5-23-19(10-17)6-9-31-26(23)29/h2-11,13-14,19,23H,12,15H2,1H3,(H2,29,31)(H,32,34)(H,35,36). The molecular weight excluding hydrogens is 454 g/mol. The van der Waals surface area contributed by atoms with Crippen molar-refractivity contribution in [3.8, 4) is 0 Å². The van der Waals surface area contributed by atoms with Crippen molar-refractivity contribution in [1.29, 1.82) is 0 Å². The van der Waals surface area contributed by atoms with Crippen molar-refractivity contribution >= 4 is 28.6 Å². The number of fused-ring (bicyclic) bond motifs is 2. The predicted molar refractivity (Wildman–Crippen MR) is 138 cm³/mol. The van der Waals surface area contributed by atoms with Crippen LogP contribution in [0.3, 0.4) is 0 Å². The van der Waals surface area contributed by atoms with E-state index in [2.05, 4.69) is 26.4 Å². The molecule has 180 valence electrons. The normalized spacial score (nSPS) is 18.4. The third-order valence-corrected chi connectivity index (χ3v) is 6.35. The number of pyridine rings is 2. The van der Waals surface area contributed by atoms with E-state index < -0.39 is 5.97 Å². The van der Waals surface area contributed by atoms with Crippen molar-refractivity contribution in [2.75, 3.05) is 6.54 Å². The number of aliphatic imine (C=N–C) groups is 1. The first-order valence-electron chi connectivity index (χ1n) is 11.6. The number of carbonyl (C=O) groups excluding carboxylic acids is 1. The number of hydrogen-bond donors (Lipinski definition) is 3. The molecule has 1 aromatic carbocycles. The van der Waals surface area contributed by atoms with E-state index >= 15 is 0 Å². The quantitative estimate of drug-likeness (QED) is 0.495. The summed E-state index contributed by atoms with van der Waals surface area (Å²) in [5, 5.41) is 13.4. The number of amides is 1. The Morgan fingerprint density at radius 1 is 1.14 bits per heavy atom. The molecule has 8 heteroatoms. The van der Waals surface area contributed by atoms with Crippen LogP contribution in [-0.2, 0) is 6.42 Å². The van der Waals surface area contributed by atoms with Crippen LogP contribution < -0.4 is 11.1 Å². The number of allylic oxidation sites excluding steroid dienone is 2. The van der Waals surface area contributed by atoms with Crippen LogP contribution in [0, 0.1) is 18.8 Å². The molecule has 1 aliphatic heterocycles. The number of benzene rings is 1. The smallest absolute Gasteiger partial charge is 0.337 e. The molecule has 2 atom stereocenters. The third kappa shape index (κ3) is 4.79. The minimum Gasteiger partial charge on any atom is -0.478 e. The molecule has 0 saturated heterocycles. The van der Waals surface area contributed by atoms with Crippen molar-refractivity contribution in [3.05, 3.63) is 107 Å². The predicted octanol–water partition coefficient (Wildman–Crippen LogP) is 3.57. The molecule has 1 amide bonds. The highest BCUT2D eigenvalue weighted by molar-refractivity contribution is 6.02. The number of carbonyl (C=O) groups is 2. The van der Waals surface area contributed by atoms with Crippen LogP contribution in [-0.4, -0.2) is 39.3 Å². The summed E-state index contributed by atoms with van der Waals surface area (Å²) in [5.74, 6) is -0.440. The van der Waals surface area contributed by atoms with Crippen molar-refractivity contribution < 1.29 is 14.7 Å². The molecule has 0 saturated carbocycles. The molecular formula is C28H25N5O3. The fourth-order valence-electron chi connectivity index (χ4n) is 4.53. The highest BCUT2D eigenvalue weighted by Gasteiger charge is 2.24. The number of amidine groups is 1. The van der Waals surface area contributed by atoms with Crippen LogP contribution in [0.1, 0.15) is 37.7 Å². The van der Waals surface area contributed by atoms with Crippen molar-refractivity contribution in [3.63, 3.8) is 0 Å². The second-order valence-corrected chi connectivity index (χ2v) is 8.97. The number of aryl methyl sites for hydroxylation is 1. The highest BCUT2D eigenvalue weighted by Crippen LogP contribution is 2.27. The Morgan fingerprint density at radius 3 is 2.83 bits per heavy atom. The van der Waals surface area contributed by atoms with E-state index in [1.54, 1.807) is 30.6 Å². The summed E-state index contributed by atoms with van der Waals surface area (Å²) < 4.78 is 0. The van der Waals surface area contributed by atoms with E-state index in [0.29, 0.717) is 35.6 Å². The Labute approximate surface area is 208 Å². The molecule has 4 N–H and O–H groups in total. The third-order valence-electron chi connectivity index (χ3n) is 6.35. The topological polar surface area (TPSA) is 131 Å². The van der Waals surface area contributed by atoms with Crippen LogP contribution in [0.4, 0.5) is 0 Å². The molecule has 3 aromatic rings. The number of hydrogen-bond acceptors (Lipinski definition) is 6. The van der Waals surface area contributed by atoms with E-state index in [1.807, 2.05) is 43.4 Å². The number of aromatic nitrogens is 2. The lowest BCUT2D eigenvalue weighted by molar-refractivity contribution is 0.0698. The second kappa shape index (κ2) is 9.58. The van der Waals surface area contributed by atoms with Gasteiger partial charge in [-0.05, 0) is 48.4 Å². The average molecular weight is 480 g/mol. The van der Waals surface area contributed by atoms with Crippen LogP contribution in [0.15, 0.2) is 83.7 Å². The number of nitrogens with zero attached hydrogens (tertiary/aromatic N) is 3. The maximum atomic E-state index is 12.8. The van der Waals surface area contributed by atoms with Gasteiger partial charge >= 0.3 is 5.97 Å². The monoisotopic (exact) mass is 479 g/mol. The minimum absolute atomic E-state index is 0.0637. The molecule has 0 radical (unpaired) electrons. The maximum Gasteiger partial charge on any atom is 0.337 e. The minimum atomic E-state index is -1.03. The summed E-state index contributed by atoms with van der Waals surface area (Å²) in [6.07, 6.45) is 11.8. The Bertz CT molecular complexity index is 1500. The molecule has 0 bridgehead atoms. The first-order chi connectivity index (χ1) is 17.4. The summed E-state index contributed by atoms with van der Waals surface area (Å²) in [6, 6.07) is 10.6. The zero-order chi connectivity index (χ0) is 25.2. The van der Waals surface area contributed by atoms with Gasteiger partial charge in [0.2, 0.25) is 0 Å². The van der Waals surface area contributed by atoms with E-state index in [9.17, 15) is 14.7 Å². The first kappa shape index (κ1) is 23.2. The van der Waals surface area contributed by atoms with Crippen molar-refractivity contribution in [2.45, 2.75) is 13.3 Å². The Hall–Kier alpha value is -4.59. The average Bonchev–Trinajstić information content (AvgIpc) is 2.87. The largest absolute Gasteiger partial charge is 0.478 e. The molecule has 2 aromatic heterocycles. The van der Waals surface area contributed by atoms with Gasteiger partial charge in [0.15, 0.2) is 0 Å². The van der Waals surface area contributed by atoms with Gasteiger partial charge in [-0.25, -0.2) is 9.79 Å². The van der Waals surface area contributed by atoms with Crippen LogP contribution in [0.25, 0.3) is 10.9 Å². The van der Waals surface area contributed by atoms with E-state index in [4.69, 9.17) is 5.73 Å². The molecule has 8 nitrogen and oxygen atoms in total. The summed E-state index contributed by atoms with van der Waals surface area (Å²) in [7, 11) is 0. The molecule has 0 fully saturated rings. The molecule has 0 spiro atoms. The van der Waals surface area contributed by atoms with Gasteiger partial charge in [0.05, 0.1) is 11.1 Å². The summed E-state index contributed by atoms with van der Waals surface area (Å²) >= 11 is 0. The number of nitrogens with two attached hydrogens (primary N) is 1. The Morgan fingerprint density at radius 2 is 2.00 bits per heavy atom. The zero-order valence-electron chi connectivity index (χ0n) is 19.7. The number of rotatable bonds is 6. The number of nitrogens with one attached hydrogen (secondary N) is 1. The van der Waals surface area contributed by atoms with Gasteiger partial charge in [-0.15, -0.1) is 0 Å². The fraction of sp³-hybridized carbons (Fsp3) is 0.179. The zero-order valence-corrected chi connectivity index (χ0v) is 19.7. The summed E-state index contributed by atoms with van der Waals surface area (Å²) in [6.45, 7) is 2.22. The summed E-state index contributed by atoms with van der Waals surface area (Å²) in [5.41, 5.74) is 10.3. The number of carboxylic acids is 1. The Kier molecular flexibility index (Phi) is 6.16. The van der Waals surface area contributed by atoms with Crippen molar-refractivity contribution in [2.24, 2.45) is 22.6 Å². The van der Waals surface area contributed by atoms with Gasteiger partial charge in [-0.1, -0.05) is 30.4 Å². The highest BCUT2D eigenvalue weighted by atomic mass is 16.4. The van der Waals surface area contributed by atoms with Gasteiger partial charge in [0.1, 0.15) is 5.84 Å². The molecule has 5 rings (SSSR count). The first-order valence-corrected chi connectivity index (χ1v) is 11.6. The van der Waals surface area contributed by atoms with Crippen LogP contribution in [0.5, 0.6) is 0 Å². The molecule has 36 heavy (non-hydrogen) atoms. The second-order valence-electron chi connectivity index (χ2n) is 8.97. The SMILES string of the molecule is Cc1ccc2cc(Cc3cc(C(=O)NCC4=CC5C=CN=C(N)C5C=C4)ccn3)cc(C(=O)O)c2n1. The van der Waals surface area contributed by atoms with Gasteiger partial charge in [-0.3, -0.25) is 14.8 Å². The molecule has 3 heterocycles. The van der Waals surface area contributed by atoms with E-state index in [1.165, 1.54) is 0 Å². The lowest BCUT2D eigenvalue weighted by atomic mass is 9.84. The van der Waals surface area contributed by atoms with Gasteiger partial charge in [0, 0.05) is 59.5 Å². The van der Waals surface area contributed by atoms with Gasteiger partial charge < -0.3 is 16.2 Å². The number of carboxylic acid groups (broad SMARTS) is 1. The van der Waals surface area contributed by atoms with Crippen LogP contribution in [0.2, 0.25) is 0 Å². The maximum absolute atomic E-state index is 12.8. The Balaban J connectivity index is 1.29. The lowest BCUT2D eigenvalue weighted by Crippen LogP contribution is -2.32. The molecule has 2 aliphatic rings. The van der Waals surface area contributed by atoms with Gasteiger partial charge in [-0.2, -0.15) is 0 Å². The van der Waals surface area contributed by atoms with E-state index in [-0.39, 0.29) is 23.3 Å². The molecule has 1 aliphatic carbocycles. The molecule has 2 unspecified atom stereocenters. The van der Waals surface area contributed by atoms with Gasteiger partial charge in [0.25, 0.3) is 5.91 Å². The number of aromatic carboxylic acids is 1. The fourth-order valence-corrected chi connectivity index (χ4v) is 4.53. The van der Waals surface area contributed by atoms with Crippen molar-refractivity contribution in [1.82, 2.24) is 15.3 Å². The lowest BCUT2D eigenvalue weighted by Gasteiger charge is -2.25. The van der Waals surface area contributed by atoms with Crippen LogP contribution >= 0.6 is 0 Å². The summed E-state index contributed by atoms with van der Waals surface area (Å²) in [4.78, 5) is 37.6. The van der Waals surface area contributed by atoms with E-state index in [0.717, 1.165) is 22.2 Å².